The van der Waals surface area contributed by atoms with E-state index >= 15 is 0 Å². The van der Waals surface area contributed by atoms with Crippen LogP contribution in [0.25, 0.3) is 0 Å². The van der Waals surface area contributed by atoms with Crippen LogP contribution in [-0.4, -0.2) is 31.2 Å². The van der Waals surface area contributed by atoms with E-state index in [1.165, 1.54) is 63.4 Å². The molecule has 2 rings (SSSR count). The Morgan fingerprint density at radius 2 is 1.72 bits per heavy atom. The maximum atomic E-state index is 12.1. The first kappa shape index (κ1) is 30.6. The van der Waals surface area contributed by atoms with Crippen LogP contribution in [0.3, 0.4) is 0 Å². The van der Waals surface area contributed by atoms with E-state index in [2.05, 4.69) is 54.7 Å². The maximum Gasteiger partial charge on any atom is 0.303 e. The van der Waals surface area contributed by atoms with Gasteiger partial charge in [-0.2, -0.15) is 0 Å². The number of carboxylic acids is 1. The highest BCUT2D eigenvalue weighted by Crippen LogP contribution is 2.48. The van der Waals surface area contributed by atoms with E-state index in [0.717, 1.165) is 38.6 Å². The molecular weight excluding hydrogens is 444 g/mol. The van der Waals surface area contributed by atoms with Gasteiger partial charge in [0.05, 0.1) is 0 Å². The molecule has 0 spiro atoms. The number of hydrogen-bond acceptors (Lipinski definition) is 3. The summed E-state index contributed by atoms with van der Waals surface area (Å²) in [4.78, 5) is 12.1. The van der Waals surface area contributed by atoms with Crippen molar-refractivity contribution in [1.82, 2.24) is 5.32 Å². The van der Waals surface area contributed by atoms with Gasteiger partial charge in [-0.15, -0.1) is 0 Å². The van der Waals surface area contributed by atoms with Crippen LogP contribution < -0.4 is 11.1 Å². The van der Waals surface area contributed by atoms with Gasteiger partial charge in [-0.05, 0) is 107 Å². The molecule has 1 fully saturated rings. The van der Waals surface area contributed by atoms with Crippen molar-refractivity contribution in [1.29, 1.82) is 0 Å². The topological polar surface area (TPSA) is 75.3 Å². The second kappa shape index (κ2) is 17.7. The monoisotopic (exact) mass is 498 g/mol. The molecule has 0 amide bonds. The van der Waals surface area contributed by atoms with E-state index in [1.807, 2.05) is 7.05 Å². The van der Waals surface area contributed by atoms with Crippen LogP contribution in [0.2, 0.25) is 0 Å². The number of hydrogen-bond donors (Lipinski definition) is 3. The van der Waals surface area contributed by atoms with Gasteiger partial charge in [-0.25, -0.2) is 0 Å². The second-order valence-corrected chi connectivity index (χ2v) is 11.2. The Hall–Kier alpha value is -1.65. The van der Waals surface area contributed by atoms with Crippen LogP contribution in [0.4, 0.5) is 0 Å². The van der Waals surface area contributed by atoms with E-state index < -0.39 is 5.97 Å². The van der Waals surface area contributed by atoms with Crippen molar-refractivity contribution in [3.8, 4) is 0 Å². The molecule has 0 unspecified atom stereocenters. The Kier molecular flexibility index (Phi) is 15.1. The van der Waals surface area contributed by atoms with Crippen molar-refractivity contribution in [3.05, 3.63) is 48.0 Å². The highest BCUT2D eigenvalue weighted by molar-refractivity contribution is 5.67. The molecule has 1 aromatic rings. The normalized spacial score (nSPS) is 17.9. The average molecular weight is 499 g/mol. The minimum Gasteiger partial charge on any atom is -0.481 e. The van der Waals surface area contributed by atoms with Crippen molar-refractivity contribution >= 4 is 5.97 Å². The molecule has 36 heavy (non-hydrogen) atoms. The first-order valence-electron chi connectivity index (χ1n) is 14.8. The quantitative estimate of drug-likeness (QED) is 0.129. The molecule has 0 heterocycles. The summed E-state index contributed by atoms with van der Waals surface area (Å²) in [7, 11) is 2.03. The van der Waals surface area contributed by atoms with Gasteiger partial charge in [-0.3, -0.25) is 4.79 Å². The van der Waals surface area contributed by atoms with Crippen LogP contribution in [0.15, 0.2) is 42.5 Å². The Balaban J connectivity index is 2.11. The predicted octanol–water partition coefficient (Wildman–Crippen LogP) is 7.48. The molecule has 4 N–H and O–H groups in total. The van der Waals surface area contributed by atoms with Crippen LogP contribution in [0.5, 0.6) is 0 Å². The lowest BCUT2D eigenvalue weighted by atomic mass is 9.65. The van der Waals surface area contributed by atoms with Crippen molar-refractivity contribution < 1.29 is 9.90 Å². The van der Waals surface area contributed by atoms with Crippen molar-refractivity contribution in [2.75, 3.05) is 20.1 Å². The van der Waals surface area contributed by atoms with Gasteiger partial charge < -0.3 is 16.2 Å². The standard InChI is InChI=1S/C32H54N2O2/c1-3-4-5-6-7-8-9-10-12-17-27(26-34-2)30(20-23-33)28(24-31(35)36)25-32(21-15-16-22-32)29-18-13-11-14-19-29/h8-9,11,13-14,18-19,27-28,30,34H,3-7,10,12,15-17,20-26,33H2,1-2H3,(H,35,36)/b9-8-/t27-,28-,30+/m1/s1. The van der Waals surface area contributed by atoms with Gasteiger partial charge in [0, 0.05) is 6.42 Å². The molecule has 1 aliphatic carbocycles. The maximum absolute atomic E-state index is 12.1. The Labute approximate surface area is 221 Å². The zero-order valence-electron chi connectivity index (χ0n) is 23.2. The molecule has 0 saturated heterocycles. The van der Waals surface area contributed by atoms with Crippen LogP contribution in [0.1, 0.15) is 109 Å². The Morgan fingerprint density at radius 1 is 1.03 bits per heavy atom. The number of carboxylic acid groups (broad SMARTS) is 1. The summed E-state index contributed by atoms with van der Waals surface area (Å²) in [5.41, 5.74) is 7.66. The predicted molar refractivity (Wildman–Crippen MR) is 153 cm³/mol. The van der Waals surface area contributed by atoms with E-state index in [4.69, 9.17) is 5.73 Å². The van der Waals surface area contributed by atoms with Crippen LogP contribution in [0, 0.1) is 17.8 Å². The van der Waals surface area contributed by atoms with Gasteiger partial charge in [0.25, 0.3) is 0 Å². The fourth-order valence-corrected chi connectivity index (χ4v) is 6.76. The fraction of sp³-hybridized carbons (Fsp3) is 0.719. The third-order valence-corrected chi connectivity index (χ3v) is 8.55. The lowest BCUT2D eigenvalue weighted by molar-refractivity contribution is -0.139. The summed E-state index contributed by atoms with van der Waals surface area (Å²) in [6.45, 7) is 3.81. The first-order valence-corrected chi connectivity index (χ1v) is 14.8. The highest BCUT2D eigenvalue weighted by Gasteiger charge is 2.41. The SMILES string of the molecule is CCCCCC/C=C\CCC[C@H](CNC)[C@H](CCN)[C@H](CC(=O)O)CC1(c2ccccc2)CCCC1. The largest absolute Gasteiger partial charge is 0.481 e. The van der Waals surface area contributed by atoms with Gasteiger partial charge in [0.1, 0.15) is 0 Å². The van der Waals surface area contributed by atoms with E-state index in [0.29, 0.717) is 18.4 Å². The van der Waals surface area contributed by atoms with Crippen molar-refractivity contribution in [3.63, 3.8) is 0 Å². The number of aliphatic carboxylic acids is 1. The third kappa shape index (κ3) is 10.4. The molecule has 0 aromatic heterocycles. The molecule has 1 saturated carbocycles. The smallest absolute Gasteiger partial charge is 0.303 e. The third-order valence-electron chi connectivity index (χ3n) is 8.55. The molecule has 0 bridgehead atoms. The molecule has 4 nitrogen and oxygen atoms in total. The molecule has 1 aliphatic rings. The molecular formula is C32H54N2O2. The zero-order valence-corrected chi connectivity index (χ0v) is 23.2. The summed E-state index contributed by atoms with van der Waals surface area (Å²) >= 11 is 0. The average Bonchev–Trinajstić information content (AvgIpc) is 3.35. The van der Waals surface area contributed by atoms with Gasteiger partial charge in [0.15, 0.2) is 0 Å². The number of benzene rings is 1. The molecule has 0 aliphatic heterocycles. The summed E-state index contributed by atoms with van der Waals surface area (Å²) in [5, 5.41) is 13.4. The molecule has 3 atom stereocenters. The number of nitrogens with one attached hydrogen (secondary N) is 1. The minimum absolute atomic E-state index is 0.110. The summed E-state index contributed by atoms with van der Waals surface area (Å²) in [6.07, 6.45) is 21.5. The number of allylic oxidation sites excluding steroid dienone is 2. The molecule has 204 valence electrons. The number of nitrogens with two attached hydrogens (primary N) is 1. The van der Waals surface area contributed by atoms with E-state index in [9.17, 15) is 9.90 Å². The Morgan fingerprint density at radius 3 is 2.33 bits per heavy atom. The first-order chi connectivity index (χ1) is 17.6. The van der Waals surface area contributed by atoms with E-state index in [1.54, 1.807) is 0 Å². The van der Waals surface area contributed by atoms with Crippen molar-refractivity contribution in [2.24, 2.45) is 23.5 Å². The summed E-state index contributed by atoms with van der Waals surface area (Å²) < 4.78 is 0. The number of rotatable bonds is 20. The molecule has 1 aromatic carbocycles. The molecule has 4 heteroatoms. The summed E-state index contributed by atoms with van der Waals surface area (Å²) in [5.74, 6) is 0.266. The lowest BCUT2D eigenvalue weighted by Crippen LogP contribution is -2.37. The van der Waals surface area contributed by atoms with Crippen molar-refractivity contribution in [2.45, 2.75) is 109 Å². The second-order valence-electron chi connectivity index (χ2n) is 11.2. The Bertz CT molecular complexity index is 727. The number of unbranched alkanes of at least 4 members (excludes halogenated alkanes) is 5. The highest BCUT2D eigenvalue weighted by atomic mass is 16.4. The minimum atomic E-state index is -0.669. The van der Waals surface area contributed by atoms with Gasteiger partial charge in [-0.1, -0.05) is 81.5 Å². The van der Waals surface area contributed by atoms with Gasteiger partial charge >= 0.3 is 5.97 Å². The number of carbonyl (C=O) groups is 1. The van der Waals surface area contributed by atoms with Crippen LogP contribution in [-0.2, 0) is 10.2 Å². The fourth-order valence-electron chi connectivity index (χ4n) is 6.76. The summed E-state index contributed by atoms with van der Waals surface area (Å²) in [6, 6.07) is 10.9. The van der Waals surface area contributed by atoms with Crippen LogP contribution >= 0.6 is 0 Å². The lowest BCUT2D eigenvalue weighted by Gasteiger charge is -2.40. The van der Waals surface area contributed by atoms with E-state index in [-0.39, 0.29) is 17.8 Å². The molecule has 0 radical (unpaired) electrons. The zero-order chi connectivity index (χ0) is 26.1. The van der Waals surface area contributed by atoms with Gasteiger partial charge in [0.2, 0.25) is 0 Å².